The summed E-state index contributed by atoms with van der Waals surface area (Å²) in [5, 5.41) is 5.12. The van der Waals surface area contributed by atoms with Crippen molar-refractivity contribution in [2.24, 2.45) is 5.92 Å². The molecule has 152 valence electrons. The van der Waals surface area contributed by atoms with Gasteiger partial charge in [-0.1, -0.05) is 44.2 Å². The minimum atomic E-state index is 0.000731. The van der Waals surface area contributed by atoms with Crippen molar-refractivity contribution in [3.63, 3.8) is 0 Å². The van der Waals surface area contributed by atoms with Crippen LogP contribution in [0.15, 0.2) is 35.6 Å². The van der Waals surface area contributed by atoms with Crippen molar-refractivity contribution in [2.45, 2.75) is 57.4 Å². The lowest BCUT2D eigenvalue weighted by Gasteiger charge is -2.18. The molecule has 2 heterocycles. The van der Waals surface area contributed by atoms with E-state index in [1.807, 2.05) is 12.1 Å². The summed E-state index contributed by atoms with van der Waals surface area (Å²) in [6.07, 6.45) is 8.55. The molecule has 0 aliphatic heterocycles. The van der Waals surface area contributed by atoms with Gasteiger partial charge in [0.2, 0.25) is 5.91 Å². The number of hydrogen-bond acceptors (Lipinski definition) is 5. The van der Waals surface area contributed by atoms with Gasteiger partial charge in [-0.25, -0.2) is 9.97 Å². The van der Waals surface area contributed by atoms with E-state index in [4.69, 9.17) is 0 Å². The lowest BCUT2D eigenvalue weighted by Crippen LogP contribution is -2.14. The molecule has 1 atom stereocenters. The zero-order valence-corrected chi connectivity index (χ0v) is 18.7. The Bertz CT molecular complexity index is 997. The Morgan fingerprint density at radius 1 is 1.28 bits per heavy atom. The molecule has 1 amide bonds. The molecule has 1 N–H and O–H groups in total. The van der Waals surface area contributed by atoms with Gasteiger partial charge in [0, 0.05) is 16.0 Å². The van der Waals surface area contributed by atoms with Gasteiger partial charge in [0.05, 0.1) is 5.75 Å². The van der Waals surface area contributed by atoms with E-state index in [2.05, 4.69) is 41.3 Å². The normalized spacial score (nSPS) is 16.0. The van der Waals surface area contributed by atoms with Crippen LogP contribution in [0.5, 0.6) is 0 Å². The molecule has 0 saturated carbocycles. The van der Waals surface area contributed by atoms with Crippen molar-refractivity contribution in [1.29, 1.82) is 0 Å². The molecule has 0 radical (unpaired) electrons. The number of anilines is 1. The van der Waals surface area contributed by atoms with E-state index in [9.17, 15) is 4.79 Å². The van der Waals surface area contributed by atoms with Crippen molar-refractivity contribution >= 4 is 44.9 Å². The number of amides is 1. The van der Waals surface area contributed by atoms with Crippen LogP contribution >= 0.6 is 23.1 Å². The molecular formula is C23H27N3OS2. The highest BCUT2D eigenvalue weighted by Crippen LogP contribution is 2.40. The second-order valence-corrected chi connectivity index (χ2v) is 9.90. The van der Waals surface area contributed by atoms with Crippen molar-refractivity contribution < 1.29 is 4.79 Å². The van der Waals surface area contributed by atoms with Crippen LogP contribution in [0.1, 0.15) is 49.1 Å². The van der Waals surface area contributed by atoms with E-state index in [0.717, 1.165) is 40.7 Å². The Morgan fingerprint density at radius 2 is 2.10 bits per heavy atom. The third-order valence-electron chi connectivity index (χ3n) is 5.45. The average Bonchev–Trinajstić information content (AvgIpc) is 3.09. The minimum absolute atomic E-state index is 0.000731. The van der Waals surface area contributed by atoms with E-state index >= 15 is 0 Å². The molecule has 3 aromatic rings. The second kappa shape index (κ2) is 9.26. The summed E-state index contributed by atoms with van der Waals surface area (Å²) >= 11 is 3.31. The number of benzene rings is 1. The van der Waals surface area contributed by atoms with E-state index in [-0.39, 0.29) is 5.91 Å². The Labute approximate surface area is 180 Å². The summed E-state index contributed by atoms with van der Waals surface area (Å²) < 4.78 is 0. The highest BCUT2D eigenvalue weighted by molar-refractivity contribution is 8.00. The van der Waals surface area contributed by atoms with Crippen molar-refractivity contribution in [3.05, 3.63) is 46.6 Å². The van der Waals surface area contributed by atoms with Gasteiger partial charge >= 0.3 is 0 Å². The molecule has 6 heteroatoms. The number of hydrogen-bond donors (Lipinski definition) is 1. The molecule has 4 rings (SSSR count). The van der Waals surface area contributed by atoms with Crippen molar-refractivity contribution in [3.8, 4) is 0 Å². The highest BCUT2D eigenvalue weighted by Gasteiger charge is 2.23. The number of carbonyl (C=O) groups excluding carboxylic acids is 1. The molecule has 1 aliphatic rings. The third kappa shape index (κ3) is 4.81. The van der Waals surface area contributed by atoms with E-state index < -0.39 is 0 Å². The summed E-state index contributed by atoms with van der Waals surface area (Å²) in [7, 11) is 0. The van der Waals surface area contributed by atoms with Crippen molar-refractivity contribution in [2.75, 3.05) is 11.1 Å². The molecule has 1 unspecified atom stereocenters. The summed E-state index contributed by atoms with van der Waals surface area (Å²) in [6.45, 7) is 4.51. The number of unbranched alkanes of at least 4 members (excludes halogenated alkanes) is 1. The largest absolute Gasteiger partial charge is 0.325 e. The van der Waals surface area contributed by atoms with Crippen LogP contribution in [0.4, 0.5) is 5.69 Å². The van der Waals surface area contributed by atoms with Crippen molar-refractivity contribution in [1.82, 2.24) is 9.97 Å². The van der Waals surface area contributed by atoms with E-state index in [1.165, 1.54) is 52.4 Å². The third-order valence-corrected chi connectivity index (χ3v) is 7.61. The number of carbonyl (C=O) groups is 1. The SMILES string of the molecule is CCCCc1ccc(NC(=O)CSc2ncnc3sc4c(c23)CCC(C)C4)cc1. The lowest BCUT2D eigenvalue weighted by molar-refractivity contribution is -0.113. The molecule has 0 spiro atoms. The fraction of sp³-hybridized carbons (Fsp3) is 0.435. The Kier molecular flexibility index (Phi) is 6.50. The number of fused-ring (bicyclic) bond motifs is 3. The highest BCUT2D eigenvalue weighted by atomic mass is 32.2. The Morgan fingerprint density at radius 3 is 2.90 bits per heavy atom. The smallest absolute Gasteiger partial charge is 0.234 e. The molecule has 0 saturated heterocycles. The lowest BCUT2D eigenvalue weighted by atomic mass is 9.89. The van der Waals surface area contributed by atoms with Gasteiger partial charge in [0.15, 0.2) is 0 Å². The van der Waals surface area contributed by atoms with Crippen LogP contribution in [-0.4, -0.2) is 21.6 Å². The Hall–Kier alpha value is -1.92. The van der Waals surface area contributed by atoms with Crippen LogP contribution in [0.2, 0.25) is 0 Å². The summed E-state index contributed by atoms with van der Waals surface area (Å²) in [6, 6.07) is 8.19. The van der Waals surface area contributed by atoms with Gasteiger partial charge < -0.3 is 5.32 Å². The minimum Gasteiger partial charge on any atom is -0.325 e. The number of thiophene rings is 1. The molecule has 1 aliphatic carbocycles. The molecule has 0 bridgehead atoms. The second-order valence-electron chi connectivity index (χ2n) is 7.85. The predicted octanol–water partition coefficient (Wildman–Crippen LogP) is 5.89. The predicted molar refractivity (Wildman–Crippen MR) is 123 cm³/mol. The maximum Gasteiger partial charge on any atom is 0.234 e. The number of rotatable bonds is 7. The zero-order valence-electron chi connectivity index (χ0n) is 17.0. The van der Waals surface area contributed by atoms with Crippen LogP contribution < -0.4 is 5.32 Å². The molecule has 1 aromatic carbocycles. The molecule has 2 aromatic heterocycles. The maximum atomic E-state index is 12.5. The van der Waals surface area contributed by atoms with Gasteiger partial charge in [0.25, 0.3) is 0 Å². The topological polar surface area (TPSA) is 54.9 Å². The quantitative estimate of drug-likeness (QED) is 0.379. The fourth-order valence-electron chi connectivity index (χ4n) is 3.82. The zero-order chi connectivity index (χ0) is 20.2. The van der Waals surface area contributed by atoms with E-state index in [0.29, 0.717) is 5.75 Å². The van der Waals surface area contributed by atoms with Gasteiger partial charge in [-0.15, -0.1) is 11.3 Å². The van der Waals surface area contributed by atoms with Gasteiger partial charge in [-0.2, -0.15) is 0 Å². The molecule has 4 nitrogen and oxygen atoms in total. The van der Waals surface area contributed by atoms with Gasteiger partial charge in [0.1, 0.15) is 16.2 Å². The van der Waals surface area contributed by atoms with E-state index in [1.54, 1.807) is 17.7 Å². The first-order valence-electron chi connectivity index (χ1n) is 10.4. The van der Waals surface area contributed by atoms with Gasteiger partial charge in [-0.05, 0) is 61.3 Å². The molecular weight excluding hydrogens is 398 g/mol. The number of aryl methyl sites for hydroxylation is 2. The standard InChI is InChI=1S/C23H27N3OS2/c1-3-4-5-16-7-9-17(10-8-16)26-20(27)13-28-22-21-18-11-6-15(2)12-19(18)29-23(21)25-14-24-22/h7-10,14-15H,3-6,11-13H2,1-2H3,(H,26,27). The maximum absolute atomic E-state index is 12.5. The number of nitrogens with one attached hydrogen (secondary N) is 1. The number of thioether (sulfide) groups is 1. The number of aromatic nitrogens is 2. The van der Waals surface area contributed by atoms with Crippen LogP contribution in [-0.2, 0) is 24.1 Å². The van der Waals surface area contributed by atoms with Crippen LogP contribution in [0, 0.1) is 5.92 Å². The first-order chi connectivity index (χ1) is 14.1. The summed E-state index contributed by atoms with van der Waals surface area (Å²) in [5.74, 6) is 1.09. The molecule has 0 fully saturated rings. The van der Waals surface area contributed by atoms with Crippen LogP contribution in [0.25, 0.3) is 10.2 Å². The summed E-state index contributed by atoms with van der Waals surface area (Å²) in [5.41, 5.74) is 3.58. The molecule has 29 heavy (non-hydrogen) atoms. The first-order valence-corrected chi connectivity index (χ1v) is 12.2. The summed E-state index contributed by atoms with van der Waals surface area (Å²) in [4.78, 5) is 24.0. The Balaban J connectivity index is 1.41. The monoisotopic (exact) mass is 425 g/mol. The average molecular weight is 426 g/mol. The number of nitrogens with zero attached hydrogens (tertiary/aromatic N) is 2. The van der Waals surface area contributed by atoms with Crippen LogP contribution in [0.3, 0.4) is 0 Å². The van der Waals surface area contributed by atoms with Gasteiger partial charge in [-0.3, -0.25) is 4.79 Å². The first kappa shape index (κ1) is 20.4. The fourth-order valence-corrected chi connectivity index (χ4v) is 6.06.